The van der Waals surface area contributed by atoms with E-state index in [1.807, 2.05) is 30.3 Å². The van der Waals surface area contributed by atoms with E-state index in [1.165, 1.54) is 0 Å². The molecular weight excluding hydrogens is 448 g/mol. The zero-order chi connectivity index (χ0) is 24.4. The number of hydrogen-bond acceptors (Lipinski definition) is 9. The highest BCUT2D eigenvalue weighted by Crippen LogP contribution is 2.00. The molecular formula is C24H40O10. The Bertz CT molecular complexity index is 558. The van der Waals surface area contributed by atoms with Gasteiger partial charge in [0.05, 0.1) is 112 Å². The summed E-state index contributed by atoms with van der Waals surface area (Å²) in [6.07, 6.45) is 0.00431. The van der Waals surface area contributed by atoms with E-state index in [1.54, 1.807) is 0 Å². The van der Waals surface area contributed by atoms with Crippen LogP contribution >= 0.6 is 0 Å². The molecule has 34 heavy (non-hydrogen) atoms. The van der Waals surface area contributed by atoms with E-state index in [4.69, 9.17) is 43.0 Å². The molecule has 0 bridgehead atoms. The predicted octanol–water partition coefficient (Wildman–Crippen LogP) is 1.79. The van der Waals surface area contributed by atoms with Gasteiger partial charge in [-0.15, -0.1) is 0 Å². The number of aliphatic carboxylic acids is 1. The zero-order valence-electron chi connectivity index (χ0n) is 20.0. The van der Waals surface area contributed by atoms with Gasteiger partial charge >= 0.3 is 5.97 Å². The standard InChI is InChI=1S/C24H40O10/c25-24(26)6-7-27-8-9-28-10-11-29-12-13-30-14-15-31-16-17-32-18-19-33-20-21-34-22-23-4-2-1-3-5-23/h1-5H,6-22H2,(H,25,26). The van der Waals surface area contributed by atoms with Crippen LogP contribution in [0.3, 0.4) is 0 Å². The number of hydrogen-bond donors (Lipinski definition) is 1. The van der Waals surface area contributed by atoms with Crippen LogP contribution in [0.15, 0.2) is 30.3 Å². The molecule has 0 spiro atoms. The average molecular weight is 489 g/mol. The highest BCUT2D eigenvalue weighted by atomic mass is 16.6. The molecule has 1 rings (SSSR count). The SMILES string of the molecule is O=C(O)CCOCCOCCOCCOCCOCCOCCOCCOCc1ccccc1. The van der Waals surface area contributed by atoms with Crippen LogP contribution in [-0.2, 0) is 49.3 Å². The summed E-state index contributed by atoms with van der Waals surface area (Å²) in [6.45, 7) is 7.68. The quantitative estimate of drug-likeness (QED) is 0.194. The van der Waals surface area contributed by atoms with Crippen molar-refractivity contribution in [1.82, 2.24) is 0 Å². The van der Waals surface area contributed by atoms with Crippen LogP contribution in [0.5, 0.6) is 0 Å². The Hall–Kier alpha value is -1.63. The van der Waals surface area contributed by atoms with E-state index < -0.39 is 5.97 Å². The molecule has 0 saturated carbocycles. The Labute approximate surface area is 202 Å². The van der Waals surface area contributed by atoms with Crippen LogP contribution in [0.1, 0.15) is 12.0 Å². The molecule has 1 aromatic rings. The smallest absolute Gasteiger partial charge is 0.305 e. The predicted molar refractivity (Wildman–Crippen MR) is 124 cm³/mol. The van der Waals surface area contributed by atoms with Gasteiger partial charge in [-0.2, -0.15) is 0 Å². The highest BCUT2D eigenvalue weighted by Gasteiger charge is 1.97. The molecule has 0 aliphatic heterocycles. The molecule has 0 amide bonds. The van der Waals surface area contributed by atoms with Gasteiger partial charge in [0.25, 0.3) is 0 Å². The minimum absolute atomic E-state index is 0.00431. The minimum Gasteiger partial charge on any atom is -0.481 e. The first-order chi connectivity index (χ1) is 16.8. The second kappa shape index (κ2) is 24.5. The number of rotatable bonds is 26. The van der Waals surface area contributed by atoms with Gasteiger partial charge in [-0.05, 0) is 5.56 Å². The summed E-state index contributed by atoms with van der Waals surface area (Å²) in [7, 11) is 0. The summed E-state index contributed by atoms with van der Waals surface area (Å²) in [6, 6.07) is 10.0. The lowest BCUT2D eigenvalue weighted by atomic mass is 10.2. The summed E-state index contributed by atoms with van der Waals surface area (Å²) in [5.74, 6) is -0.869. The summed E-state index contributed by atoms with van der Waals surface area (Å²) in [5, 5.41) is 8.46. The fraction of sp³-hybridized carbons (Fsp3) is 0.708. The molecule has 1 N–H and O–H groups in total. The molecule has 0 unspecified atom stereocenters. The van der Waals surface area contributed by atoms with E-state index in [2.05, 4.69) is 0 Å². The Morgan fingerprint density at radius 1 is 0.500 bits per heavy atom. The fourth-order valence-corrected chi connectivity index (χ4v) is 2.46. The average Bonchev–Trinajstić information content (AvgIpc) is 2.84. The lowest BCUT2D eigenvalue weighted by Crippen LogP contribution is -2.15. The summed E-state index contributed by atoms with van der Waals surface area (Å²) >= 11 is 0. The Morgan fingerprint density at radius 3 is 1.18 bits per heavy atom. The normalized spacial score (nSPS) is 11.2. The van der Waals surface area contributed by atoms with Gasteiger partial charge in [-0.25, -0.2) is 0 Å². The first-order valence-electron chi connectivity index (χ1n) is 11.7. The van der Waals surface area contributed by atoms with E-state index >= 15 is 0 Å². The minimum atomic E-state index is -0.869. The topological polar surface area (TPSA) is 111 Å². The number of carbonyl (C=O) groups is 1. The molecule has 0 atom stereocenters. The second-order valence-electron chi connectivity index (χ2n) is 6.97. The van der Waals surface area contributed by atoms with Crippen molar-refractivity contribution in [2.24, 2.45) is 0 Å². The van der Waals surface area contributed by atoms with E-state index in [-0.39, 0.29) is 13.0 Å². The molecule has 0 aliphatic carbocycles. The monoisotopic (exact) mass is 488 g/mol. The third kappa shape index (κ3) is 22.2. The van der Waals surface area contributed by atoms with Crippen molar-refractivity contribution >= 4 is 5.97 Å². The van der Waals surface area contributed by atoms with Crippen LogP contribution in [-0.4, -0.2) is 110 Å². The van der Waals surface area contributed by atoms with Crippen LogP contribution in [0.4, 0.5) is 0 Å². The third-order valence-electron chi connectivity index (χ3n) is 4.18. The van der Waals surface area contributed by atoms with Gasteiger partial charge in [-0.1, -0.05) is 30.3 Å². The van der Waals surface area contributed by atoms with Crippen molar-refractivity contribution < 1.29 is 47.8 Å². The third-order valence-corrected chi connectivity index (χ3v) is 4.18. The van der Waals surface area contributed by atoms with Crippen LogP contribution in [0, 0.1) is 0 Å². The molecule has 0 aliphatic rings. The van der Waals surface area contributed by atoms with E-state index in [0.29, 0.717) is 99.1 Å². The summed E-state index contributed by atoms with van der Waals surface area (Å²) < 4.78 is 43.1. The Kier molecular flexibility index (Phi) is 21.9. The van der Waals surface area contributed by atoms with Crippen molar-refractivity contribution in [3.8, 4) is 0 Å². The van der Waals surface area contributed by atoms with Gasteiger partial charge in [0.2, 0.25) is 0 Å². The summed E-state index contributed by atoms with van der Waals surface area (Å²) in [4.78, 5) is 10.3. The van der Waals surface area contributed by atoms with Gasteiger partial charge in [-0.3, -0.25) is 4.79 Å². The maximum atomic E-state index is 10.3. The molecule has 0 fully saturated rings. The molecule has 0 radical (unpaired) electrons. The molecule has 0 saturated heterocycles. The lowest BCUT2D eigenvalue weighted by molar-refractivity contribution is -0.138. The Morgan fingerprint density at radius 2 is 0.824 bits per heavy atom. The van der Waals surface area contributed by atoms with Gasteiger partial charge in [0, 0.05) is 0 Å². The van der Waals surface area contributed by atoms with Crippen molar-refractivity contribution in [2.45, 2.75) is 13.0 Å². The van der Waals surface area contributed by atoms with Crippen molar-refractivity contribution in [3.05, 3.63) is 35.9 Å². The second-order valence-corrected chi connectivity index (χ2v) is 6.97. The number of carboxylic acid groups (broad SMARTS) is 1. The van der Waals surface area contributed by atoms with Crippen molar-refractivity contribution in [2.75, 3.05) is 99.1 Å². The maximum absolute atomic E-state index is 10.3. The van der Waals surface area contributed by atoms with Crippen LogP contribution < -0.4 is 0 Å². The summed E-state index contributed by atoms with van der Waals surface area (Å²) in [5.41, 5.74) is 1.15. The van der Waals surface area contributed by atoms with Gasteiger partial charge in [0.1, 0.15) is 0 Å². The van der Waals surface area contributed by atoms with Crippen molar-refractivity contribution in [3.63, 3.8) is 0 Å². The number of ether oxygens (including phenoxy) is 8. The van der Waals surface area contributed by atoms with Crippen LogP contribution in [0.25, 0.3) is 0 Å². The first kappa shape index (κ1) is 30.4. The molecule has 0 heterocycles. The van der Waals surface area contributed by atoms with E-state index in [0.717, 1.165) is 5.56 Å². The zero-order valence-corrected chi connectivity index (χ0v) is 20.0. The largest absolute Gasteiger partial charge is 0.481 e. The first-order valence-corrected chi connectivity index (χ1v) is 11.7. The molecule has 196 valence electrons. The fourth-order valence-electron chi connectivity index (χ4n) is 2.46. The number of benzene rings is 1. The van der Waals surface area contributed by atoms with Crippen LogP contribution in [0.2, 0.25) is 0 Å². The molecule has 10 heteroatoms. The Balaban J connectivity index is 1.64. The maximum Gasteiger partial charge on any atom is 0.305 e. The van der Waals surface area contributed by atoms with Gasteiger partial charge in [0.15, 0.2) is 0 Å². The van der Waals surface area contributed by atoms with Crippen molar-refractivity contribution in [1.29, 1.82) is 0 Å². The molecule has 0 aromatic heterocycles. The molecule has 1 aromatic carbocycles. The van der Waals surface area contributed by atoms with E-state index in [9.17, 15) is 4.79 Å². The number of carboxylic acids is 1. The van der Waals surface area contributed by atoms with Gasteiger partial charge < -0.3 is 43.0 Å². The molecule has 10 nitrogen and oxygen atoms in total. The highest BCUT2D eigenvalue weighted by molar-refractivity contribution is 5.66. The lowest BCUT2D eigenvalue weighted by Gasteiger charge is -2.08.